The minimum Gasteiger partial charge on any atom is -0.505 e. The van der Waals surface area contributed by atoms with Gasteiger partial charge in [-0.15, -0.1) is 0 Å². The first-order chi connectivity index (χ1) is 8.41. The van der Waals surface area contributed by atoms with Gasteiger partial charge in [-0.25, -0.2) is 9.97 Å². The lowest BCUT2D eigenvalue weighted by atomic mass is 9.92. The molecule has 1 heterocycles. The minimum atomic E-state index is -0.776. The molecule has 7 nitrogen and oxygen atoms in total. The van der Waals surface area contributed by atoms with E-state index in [1.54, 1.807) is 6.92 Å². The van der Waals surface area contributed by atoms with Crippen LogP contribution in [0.3, 0.4) is 0 Å². The van der Waals surface area contributed by atoms with E-state index in [1.165, 1.54) is 11.9 Å². The first-order valence-corrected chi connectivity index (χ1v) is 5.40. The monoisotopic (exact) mass is 255 g/mol. The molecule has 1 amide bonds. The van der Waals surface area contributed by atoms with E-state index in [1.807, 2.05) is 0 Å². The molecular weight excluding hydrogens is 238 g/mol. The van der Waals surface area contributed by atoms with Gasteiger partial charge in [-0.3, -0.25) is 4.79 Å². The Morgan fingerprint density at radius 1 is 1.33 bits per heavy atom. The van der Waals surface area contributed by atoms with E-state index >= 15 is 0 Å². The minimum absolute atomic E-state index is 0.0477. The van der Waals surface area contributed by atoms with Crippen LogP contribution in [0, 0.1) is 5.41 Å². The van der Waals surface area contributed by atoms with Crippen molar-refractivity contribution in [3.8, 4) is 5.75 Å². The second-order valence-corrected chi connectivity index (χ2v) is 4.55. The molecule has 0 radical (unpaired) electrons. The summed E-state index contributed by atoms with van der Waals surface area (Å²) in [5, 5.41) is 27.3. The highest BCUT2D eigenvalue weighted by Crippen LogP contribution is 2.16. The van der Waals surface area contributed by atoms with Gasteiger partial charge in [-0.1, -0.05) is 6.92 Å². The van der Waals surface area contributed by atoms with Gasteiger partial charge in [0.25, 0.3) is 5.91 Å². The van der Waals surface area contributed by atoms with E-state index in [9.17, 15) is 4.79 Å². The van der Waals surface area contributed by atoms with Crippen LogP contribution < -0.4 is 0 Å². The van der Waals surface area contributed by atoms with Crippen molar-refractivity contribution >= 4 is 5.91 Å². The molecule has 0 aromatic carbocycles. The summed E-state index contributed by atoms with van der Waals surface area (Å²) in [5.41, 5.74) is -0.776. The van der Waals surface area contributed by atoms with E-state index in [0.29, 0.717) is 0 Å². The van der Waals surface area contributed by atoms with Gasteiger partial charge in [-0.05, 0) is 0 Å². The van der Waals surface area contributed by atoms with Crippen molar-refractivity contribution in [3.63, 3.8) is 0 Å². The molecule has 7 heteroatoms. The van der Waals surface area contributed by atoms with E-state index in [0.717, 1.165) is 12.4 Å². The van der Waals surface area contributed by atoms with Crippen molar-refractivity contribution in [2.75, 3.05) is 26.8 Å². The number of carbonyl (C=O) groups is 1. The third-order valence-corrected chi connectivity index (χ3v) is 2.56. The van der Waals surface area contributed by atoms with Crippen LogP contribution in [0.1, 0.15) is 17.5 Å². The quantitative estimate of drug-likeness (QED) is 0.639. The molecule has 0 saturated carbocycles. The van der Waals surface area contributed by atoms with Gasteiger partial charge in [0.15, 0.2) is 5.75 Å². The van der Waals surface area contributed by atoms with Gasteiger partial charge in [0.05, 0.1) is 25.6 Å². The van der Waals surface area contributed by atoms with E-state index in [2.05, 4.69) is 9.97 Å². The lowest BCUT2D eigenvalue weighted by Crippen LogP contribution is -2.42. The normalized spacial score (nSPS) is 11.3. The lowest BCUT2D eigenvalue weighted by Gasteiger charge is -2.29. The first kappa shape index (κ1) is 14.3. The summed E-state index contributed by atoms with van der Waals surface area (Å²) in [4.78, 5) is 20.6. The number of aliphatic hydroxyl groups is 2. The van der Waals surface area contributed by atoms with Crippen LogP contribution in [0.2, 0.25) is 0 Å². The number of hydrogen-bond donors (Lipinski definition) is 3. The summed E-state index contributed by atoms with van der Waals surface area (Å²) >= 11 is 0. The maximum absolute atomic E-state index is 11.9. The van der Waals surface area contributed by atoms with Crippen LogP contribution in [-0.2, 0) is 0 Å². The SMILES string of the molecule is CN(CC(C)(CO)CO)C(=O)c1ncc(O)cn1. The fourth-order valence-corrected chi connectivity index (χ4v) is 1.40. The molecule has 3 N–H and O–H groups in total. The van der Waals surface area contributed by atoms with E-state index < -0.39 is 11.3 Å². The molecule has 0 atom stereocenters. The Kier molecular flexibility index (Phi) is 4.57. The van der Waals surface area contributed by atoms with Crippen LogP contribution in [-0.4, -0.2) is 62.9 Å². The smallest absolute Gasteiger partial charge is 0.291 e. The molecule has 0 fully saturated rings. The summed E-state index contributed by atoms with van der Waals surface area (Å²) in [7, 11) is 1.53. The average Bonchev–Trinajstić information content (AvgIpc) is 2.38. The van der Waals surface area contributed by atoms with Crippen molar-refractivity contribution in [1.82, 2.24) is 14.9 Å². The number of aromatic nitrogens is 2. The largest absolute Gasteiger partial charge is 0.505 e. The number of hydrogen-bond acceptors (Lipinski definition) is 6. The third kappa shape index (κ3) is 3.38. The van der Waals surface area contributed by atoms with Crippen LogP contribution in [0.15, 0.2) is 12.4 Å². The molecule has 0 unspecified atom stereocenters. The van der Waals surface area contributed by atoms with E-state index in [4.69, 9.17) is 15.3 Å². The van der Waals surface area contributed by atoms with Crippen LogP contribution in [0.5, 0.6) is 5.75 Å². The first-order valence-electron chi connectivity index (χ1n) is 5.40. The molecule has 100 valence electrons. The highest BCUT2D eigenvalue weighted by molar-refractivity contribution is 5.90. The third-order valence-electron chi connectivity index (χ3n) is 2.56. The number of aromatic hydroxyl groups is 1. The summed E-state index contributed by atoms with van der Waals surface area (Å²) in [6, 6.07) is 0. The maximum atomic E-state index is 11.9. The topological polar surface area (TPSA) is 107 Å². The van der Waals surface area contributed by atoms with Gasteiger partial charge in [0.2, 0.25) is 5.82 Å². The summed E-state index contributed by atoms with van der Waals surface area (Å²) in [6.07, 6.45) is 2.26. The zero-order valence-electron chi connectivity index (χ0n) is 10.4. The van der Waals surface area contributed by atoms with Crippen LogP contribution >= 0.6 is 0 Å². The Morgan fingerprint density at radius 2 is 1.83 bits per heavy atom. The molecule has 1 aromatic heterocycles. The number of nitrogens with zero attached hydrogens (tertiary/aromatic N) is 3. The molecule has 1 aromatic rings. The van der Waals surface area contributed by atoms with Crippen LogP contribution in [0.25, 0.3) is 0 Å². The van der Waals surface area contributed by atoms with Gasteiger partial charge in [0, 0.05) is 19.0 Å². The van der Waals surface area contributed by atoms with Crippen molar-refractivity contribution in [2.24, 2.45) is 5.41 Å². The Morgan fingerprint density at radius 3 is 2.28 bits per heavy atom. The average molecular weight is 255 g/mol. The fraction of sp³-hybridized carbons (Fsp3) is 0.545. The number of rotatable bonds is 5. The zero-order valence-corrected chi connectivity index (χ0v) is 10.4. The highest BCUT2D eigenvalue weighted by Gasteiger charge is 2.27. The predicted molar refractivity (Wildman–Crippen MR) is 62.9 cm³/mol. The van der Waals surface area contributed by atoms with Crippen molar-refractivity contribution in [1.29, 1.82) is 0 Å². The second kappa shape index (κ2) is 5.74. The number of carbonyl (C=O) groups excluding carboxylic acids is 1. The molecule has 0 aliphatic carbocycles. The second-order valence-electron chi connectivity index (χ2n) is 4.55. The van der Waals surface area contributed by atoms with Crippen molar-refractivity contribution in [3.05, 3.63) is 18.2 Å². The highest BCUT2D eigenvalue weighted by atomic mass is 16.3. The maximum Gasteiger partial charge on any atom is 0.291 e. The fourth-order valence-electron chi connectivity index (χ4n) is 1.40. The lowest BCUT2D eigenvalue weighted by molar-refractivity contribution is 0.0360. The molecule has 0 aliphatic rings. The molecule has 0 saturated heterocycles. The molecule has 0 spiro atoms. The van der Waals surface area contributed by atoms with E-state index in [-0.39, 0.29) is 31.3 Å². The molecule has 0 bridgehead atoms. The summed E-state index contributed by atoms with van der Waals surface area (Å²) < 4.78 is 0. The standard InChI is InChI=1S/C11H17N3O4/c1-11(6-15,7-16)5-14(2)10(18)9-12-3-8(17)4-13-9/h3-4,15-17H,5-7H2,1-2H3. The Bertz CT molecular complexity index is 403. The van der Waals surface area contributed by atoms with Gasteiger partial charge in [-0.2, -0.15) is 0 Å². The molecule has 1 rings (SSSR count). The molecule has 18 heavy (non-hydrogen) atoms. The summed E-state index contributed by atoms with van der Waals surface area (Å²) in [5.74, 6) is -0.610. The zero-order chi connectivity index (χ0) is 13.8. The molecular formula is C11H17N3O4. The van der Waals surface area contributed by atoms with Crippen LogP contribution in [0.4, 0.5) is 0 Å². The van der Waals surface area contributed by atoms with Crippen molar-refractivity contribution < 1.29 is 20.1 Å². The molecule has 0 aliphatic heterocycles. The summed E-state index contributed by atoms with van der Waals surface area (Å²) in [6.45, 7) is 1.35. The van der Waals surface area contributed by atoms with Gasteiger partial charge < -0.3 is 20.2 Å². The Hall–Kier alpha value is -1.73. The number of aliphatic hydroxyl groups excluding tert-OH is 2. The predicted octanol–water partition coefficient (Wildman–Crippen LogP) is -0.755. The number of amides is 1. The van der Waals surface area contributed by atoms with Crippen molar-refractivity contribution in [2.45, 2.75) is 6.92 Å². The Labute approximate surface area is 105 Å². The Balaban J connectivity index is 2.75. The van der Waals surface area contributed by atoms with Gasteiger partial charge in [0.1, 0.15) is 0 Å². The van der Waals surface area contributed by atoms with Gasteiger partial charge >= 0.3 is 0 Å².